The molecule has 0 radical (unpaired) electrons. The van der Waals surface area contributed by atoms with Gasteiger partial charge in [-0.25, -0.2) is 4.39 Å². The van der Waals surface area contributed by atoms with Crippen LogP contribution in [0.2, 0.25) is 18.1 Å². The molecule has 122 valence electrons. The Morgan fingerprint density at radius 2 is 1.52 bits per heavy atom. The first-order chi connectivity index (χ1) is 10.7. The van der Waals surface area contributed by atoms with E-state index in [1.165, 1.54) is 12.1 Å². The highest BCUT2D eigenvalue weighted by molar-refractivity contribution is 6.74. The van der Waals surface area contributed by atoms with Crippen LogP contribution in [-0.2, 0) is 0 Å². The first kappa shape index (κ1) is 17.4. The minimum absolute atomic E-state index is 0.176. The van der Waals surface area contributed by atoms with E-state index in [4.69, 9.17) is 4.43 Å². The van der Waals surface area contributed by atoms with Crippen LogP contribution in [0.4, 0.5) is 10.1 Å². The van der Waals surface area contributed by atoms with Gasteiger partial charge >= 0.3 is 0 Å². The van der Waals surface area contributed by atoms with E-state index >= 15 is 0 Å². The predicted molar refractivity (Wildman–Crippen MR) is 97.9 cm³/mol. The third kappa shape index (κ3) is 4.76. The van der Waals surface area contributed by atoms with Crippen LogP contribution in [-0.4, -0.2) is 14.5 Å². The second kappa shape index (κ2) is 6.67. The average Bonchev–Trinajstić information content (AvgIpc) is 2.47. The summed E-state index contributed by atoms with van der Waals surface area (Å²) in [7, 11) is -1.81. The Bertz CT molecular complexity index is 670. The highest BCUT2D eigenvalue weighted by Crippen LogP contribution is 2.37. The predicted octanol–water partition coefficient (Wildman–Crippen LogP) is 5.96. The maximum absolute atomic E-state index is 12.9. The molecule has 0 fully saturated rings. The van der Waals surface area contributed by atoms with Crippen molar-refractivity contribution in [2.75, 3.05) is 0 Å². The molecule has 4 heteroatoms. The summed E-state index contributed by atoms with van der Waals surface area (Å²) in [6.07, 6.45) is 1.77. The lowest BCUT2D eigenvalue weighted by molar-refractivity contribution is 0.492. The minimum atomic E-state index is -1.81. The molecule has 0 saturated heterocycles. The van der Waals surface area contributed by atoms with Crippen LogP contribution in [0.5, 0.6) is 5.75 Å². The largest absolute Gasteiger partial charge is 0.544 e. The van der Waals surface area contributed by atoms with Crippen LogP contribution < -0.4 is 4.43 Å². The van der Waals surface area contributed by atoms with Crippen molar-refractivity contribution in [2.45, 2.75) is 38.9 Å². The van der Waals surface area contributed by atoms with Gasteiger partial charge in [-0.1, -0.05) is 20.8 Å². The van der Waals surface area contributed by atoms with Crippen molar-refractivity contribution in [3.05, 3.63) is 59.9 Å². The van der Waals surface area contributed by atoms with Gasteiger partial charge in [-0.15, -0.1) is 0 Å². The van der Waals surface area contributed by atoms with Gasteiger partial charge in [0.25, 0.3) is 0 Å². The fourth-order valence-corrected chi connectivity index (χ4v) is 2.78. The van der Waals surface area contributed by atoms with Crippen molar-refractivity contribution in [3.8, 4) is 5.75 Å². The zero-order chi connectivity index (χ0) is 17.1. The summed E-state index contributed by atoms with van der Waals surface area (Å²) < 4.78 is 19.1. The molecule has 0 aromatic heterocycles. The van der Waals surface area contributed by atoms with Crippen molar-refractivity contribution in [1.82, 2.24) is 0 Å². The van der Waals surface area contributed by atoms with Crippen molar-refractivity contribution >= 4 is 20.2 Å². The van der Waals surface area contributed by atoms with Gasteiger partial charge in [0.05, 0.1) is 5.69 Å². The Hall–Kier alpha value is -1.94. The first-order valence-corrected chi connectivity index (χ1v) is 10.7. The molecule has 0 N–H and O–H groups in total. The Morgan fingerprint density at radius 3 is 2.04 bits per heavy atom. The van der Waals surface area contributed by atoms with Crippen LogP contribution in [0.3, 0.4) is 0 Å². The average molecular weight is 329 g/mol. The lowest BCUT2D eigenvalue weighted by atomic mass is 10.2. The third-order valence-corrected chi connectivity index (χ3v) is 8.61. The van der Waals surface area contributed by atoms with Crippen molar-refractivity contribution in [1.29, 1.82) is 0 Å². The summed E-state index contributed by atoms with van der Waals surface area (Å²) in [5.74, 6) is 0.645. The monoisotopic (exact) mass is 329 g/mol. The zero-order valence-electron chi connectivity index (χ0n) is 14.4. The SMILES string of the molecule is CC(C)(C)[Si](C)(C)Oc1ccc(/C=N/c2ccc(F)cc2)cc1. The summed E-state index contributed by atoms with van der Waals surface area (Å²) in [6.45, 7) is 11.1. The van der Waals surface area contributed by atoms with E-state index in [0.29, 0.717) is 0 Å². The molecule has 2 aromatic rings. The Balaban J connectivity index is 2.06. The molecule has 0 spiro atoms. The lowest BCUT2D eigenvalue weighted by Gasteiger charge is -2.36. The third-order valence-electron chi connectivity index (χ3n) is 4.25. The maximum atomic E-state index is 12.9. The summed E-state index contributed by atoms with van der Waals surface area (Å²) in [5, 5.41) is 0.176. The van der Waals surface area contributed by atoms with E-state index in [2.05, 4.69) is 38.9 Å². The highest BCUT2D eigenvalue weighted by Gasteiger charge is 2.38. The summed E-state index contributed by atoms with van der Waals surface area (Å²) in [6, 6.07) is 14.0. The van der Waals surface area contributed by atoms with E-state index in [1.54, 1.807) is 18.3 Å². The molecule has 2 nitrogen and oxygen atoms in total. The number of hydrogen-bond acceptors (Lipinski definition) is 2. The molecule has 2 aromatic carbocycles. The Morgan fingerprint density at radius 1 is 0.957 bits per heavy atom. The molecule has 2 rings (SSSR count). The lowest BCUT2D eigenvalue weighted by Crippen LogP contribution is -2.43. The van der Waals surface area contributed by atoms with E-state index in [9.17, 15) is 4.39 Å². The topological polar surface area (TPSA) is 21.6 Å². The molecule has 0 aliphatic heterocycles. The summed E-state index contributed by atoms with van der Waals surface area (Å²) in [5.41, 5.74) is 1.71. The molecule has 0 amide bonds. The first-order valence-electron chi connectivity index (χ1n) is 7.76. The Kier molecular flexibility index (Phi) is 5.05. The van der Waals surface area contributed by atoms with E-state index in [1.807, 2.05) is 24.3 Å². The molecule has 0 bridgehead atoms. The molecular weight excluding hydrogens is 305 g/mol. The number of hydrogen-bond donors (Lipinski definition) is 0. The summed E-state index contributed by atoms with van der Waals surface area (Å²) >= 11 is 0. The van der Waals surface area contributed by atoms with Crippen LogP contribution in [0.15, 0.2) is 53.5 Å². The van der Waals surface area contributed by atoms with E-state index in [-0.39, 0.29) is 10.9 Å². The molecule has 0 atom stereocenters. The molecule has 0 heterocycles. The van der Waals surface area contributed by atoms with Gasteiger partial charge in [0.2, 0.25) is 8.32 Å². The number of nitrogens with zero attached hydrogens (tertiary/aromatic N) is 1. The highest BCUT2D eigenvalue weighted by atomic mass is 28.4. The Labute approximate surface area is 139 Å². The van der Waals surface area contributed by atoms with Gasteiger partial charge in [0, 0.05) is 6.21 Å². The molecule has 0 saturated carbocycles. The van der Waals surface area contributed by atoms with E-state index < -0.39 is 8.32 Å². The van der Waals surface area contributed by atoms with Crippen molar-refractivity contribution in [3.63, 3.8) is 0 Å². The van der Waals surface area contributed by atoms with Crippen molar-refractivity contribution in [2.24, 2.45) is 4.99 Å². The number of benzene rings is 2. The van der Waals surface area contributed by atoms with E-state index in [0.717, 1.165) is 17.0 Å². The van der Waals surface area contributed by atoms with Gasteiger partial charge < -0.3 is 4.43 Å². The molecule has 0 aliphatic rings. The summed E-state index contributed by atoms with van der Waals surface area (Å²) in [4.78, 5) is 4.34. The fraction of sp³-hybridized carbons (Fsp3) is 0.316. The van der Waals surface area contributed by atoms with Crippen molar-refractivity contribution < 1.29 is 8.82 Å². The normalized spacial score (nSPS) is 12.6. The quantitative estimate of drug-likeness (QED) is 0.501. The fourth-order valence-electron chi connectivity index (χ4n) is 1.75. The van der Waals surface area contributed by atoms with Crippen LogP contribution in [0, 0.1) is 5.82 Å². The number of rotatable bonds is 4. The standard InChI is InChI=1S/C19H24FNOSi/c1-19(2,3)23(4,5)22-18-12-6-15(7-13-18)14-21-17-10-8-16(20)9-11-17/h6-14H,1-5H3/b21-14+. The van der Waals surface area contributed by atoms with Crippen LogP contribution in [0.25, 0.3) is 0 Å². The second-order valence-electron chi connectivity index (χ2n) is 7.17. The second-order valence-corrected chi connectivity index (χ2v) is 11.9. The molecule has 0 aliphatic carbocycles. The number of halogens is 1. The van der Waals surface area contributed by atoms with Gasteiger partial charge in [0.15, 0.2) is 0 Å². The number of aliphatic imine (C=N–C) groups is 1. The van der Waals surface area contributed by atoms with Gasteiger partial charge in [-0.2, -0.15) is 0 Å². The van der Waals surface area contributed by atoms with Gasteiger partial charge in [-0.05, 0) is 72.2 Å². The van der Waals surface area contributed by atoms with Crippen LogP contribution in [0.1, 0.15) is 26.3 Å². The molecule has 23 heavy (non-hydrogen) atoms. The zero-order valence-corrected chi connectivity index (χ0v) is 15.4. The van der Waals surface area contributed by atoms with Gasteiger partial charge in [-0.3, -0.25) is 4.99 Å². The minimum Gasteiger partial charge on any atom is -0.544 e. The van der Waals surface area contributed by atoms with Crippen LogP contribution >= 0.6 is 0 Å². The maximum Gasteiger partial charge on any atom is 0.250 e. The van der Waals surface area contributed by atoms with Gasteiger partial charge in [0.1, 0.15) is 11.6 Å². The molecule has 0 unspecified atom stereocenters. The molecular formula is C19H24FNOSi. The smallest absolute Gasteiger partial charge is 0.250 e.